The third-order valence-corrected chi connectivity index (χ3v) is 6.32. The van der Waals surface area contributed by atoms with Crippen LogP contribution in [0.5, 0.6) is 0 Å². The molecule has 0 unspecified atom stereocenters. The maximum atomic E-state index is 4.91. The number of aromatic nitrogens is 3. The van der Waals surface area contributed by atoms with E-state index in [2.05, 4.69) is 42.0 Å². The van der Waals surface area contributed by atoms with E-state index in [1.807, 2.05) is 12.4 Å². The summed E-state index contributed by atoms with van der Waals surface area (Å²) in [6.07, 6.45) is 6.32. The topological polar surface area (TPSA) is 53.9 Å². The van der Waals surface area contributed by atoms with Crippen LogP contribution in [0.15, 0.2) is 18.5 Å². The Hall–Kier alpha value is -2.05. The lowest BCUT2D eigenvalue weighted by atomic mass is 10.1. The molecule has 4 rings (SSSR count). The molecule has 6 heteroatoms. The van der Waals surface area contributed by atoms with Crippen LogP contribution in [0.25, 0.3) is 10.2 Å². The fraction of sp³-hybridized carbons (Fsp3) is 0.450. The fourth-order valence-corrected chi connectivity index (χ4v) is 4.56. The van der Waals surface area contributed by atoms with Gasteiger partial charge in [0.2, 0.25) is 0 Å². The summed E-state index contributed by atoms with van der Waals surface area (Å²) >= 11 is 1.77. The number of hydrogen-bond acceptors (Lipinski definition) is 6. The van der Waals surface area contributed by atoms with Gasteiger partial charge in [0, 0.05) is 23.8 Å². The van der Waals surface area contributed by atoms with Crippen molar-refractivity contribution in [3.63, 3.8) is 0 Å². The summed E-state index contributed by atoms with van der Waals surface area (Å²) in [4.78, 5) is 18.8. The SMILES string of the molecule is Cc1cnccc1CNc1nc(CN2CCCC2)nc2sc(C)c(C)c12. The van der Waals surface area contributed by atoms with Crippen molar-refractivity contribution in [2.45, 2.75) is 46.7 Å². The number of aryl methyl sites for hydroxylation is 3. The van der Waals surface area contributed by atoms with Crippen LogP contribution in [0.4, 0.5) is 5.82 Å². The lowest BCUT2D eigenvalue weighted by Crippen LogP contribution is -2.20. The van der Waals surface area contributed by atoms with E-state index in [0.717, 1.165) is 42.7 Å². The summed E-state index contributed by atoms with van der Waals surface area (Å²) < 4.78 is 0. The zero-order valence-corrected chi connectivity index (χ0v) is 16.5. The van der Waals surface area contributed by atoms with E-state index in [1.54, 1.807) is 11.3 Å². The van der Waals surface area contributed by atoms with Crippen LogP contribution in [-0.4, -0.2) is 32.9 Å². The zero-order valence-electron chi connectivity index (χ0n) is 15.7. The summed E-state index contributed by atoms with van der Waals surface area (Å²) in [5.41, 5.74) is 3.73. The second-order valence-corrected chi connectivity index (χ2v) is 8.29. The summed E-state index contributed by atoms with van der Waals surface area (Å²) in [7, 11) is 0. The van der Waals surface area contributed by atoms with Gasteiger partial charge in [0.1, 0.15) is 16.5 Å². The molecular weight excluding hydrogens is 342 g/mol. The Morgan fingerprint density at radius 1 is 1.15 bits per heavy atom. The summed E-state index contributed by atoms with van der Waals surface area (Å²) in [5, 5.41) is 4.74. The Bertz CT molecular complexity index is 927. The molecule has 3 aromatic rings. The molecule has 1 aliphatic rings. The molecule has 0 aliphatic carbocycles. The van der Waals surface area contributed by atoms with E-state index in [4.69, 9.17) is 9.97 Å². The first-order valence-corrected chi connectivity index (χ1v) is 10.1. The van der Waals surface area contributed by atoms with Crippen molar-refractivity contribution in [3.05, 3.63) is 45.9 Å². The number of anilines is 1. The number of nitrogens with zero attached hydrogens (tertiary/aromatic N) is 4. The standard InChI is InChI=1S/C20H25N5S/c1-13-10-21-7-6-16(13)11-22-19-18-14(2)15(3)26-20(18)24-17(23-19)12-25-8-4-5-9-25/h6-7,10H,4-5,8-9,11-12H2,1-3H3,(H,22,23,24). The monoisotopic (exact) mass is 367 g/mol. The average Bonchev–Trinajstić information content (AvgIpc) is 3.22. The molecule has 0 aromatic carbocycles. The number of likely N-dealkylation sites (tertiary alicyclic amines) is 1. The summed E-state index contributed by atoms with van der Waals surface area (Å²) in [5.74, 6) is 1.89. The third kappa shape index (κ3) is 3.44. The Balaban J connectivity index is 1.67. The molecule has 136 valence electrons. The van der Waals surface area contributed by atoms with E-state index in [0.29, 0.717) is 0 Å². The highest BCUT2D eigenvalue weighted by Gasteiger charge is 2.18. The summed E-state index contributed by atoms with van der Waals surface area (Å²) in [6.45, 7) is 10.3. The molecule has 1 N–H and O–H groups in total. The van der Waals surface area contributed by atoms with Crippen LogP contribution in [0.2, 0.25) is 0 Å². The molecule has 4 heterocycles. The van der Waals surface area contributed by atoms with Gasteiger partial charge in [-0.05, 0) is 69.5 Å². The second kappa shape index (κ2) is 7.29. The van der Waals surface area contributed by atoms with Crippen molar-refractivity contribution in [2.24, 2.45) is 0 Å². The average molecular weight is 368 g/mol. The van der Waals surface area contributed by atoms with Crippen molar-refractivity contribution < 1.29 is 0 Å². The van der Waals surface area contributed by atoms with Gasteiger partial charge in [-0.2, -0.15) is 0 Å². The molecule has 0 saturated carbocycles. The van der Waals surface area contributed by atoms with Gasteiger partial charge >= 0.3 is 0 Å². The first-order valence-electron chi connectivity index (χ1n) is 9.24. The molecule has 0 amide bonds. The normalized spacial score (nSPS) is 15.0. The van der Waals surface area contributed by atoms with E-state index >= 15 is 0 Å². The van der Waals surface area contributed by atoms with Gasteiger partial charge in [0.05, 0.1) is 11.9 Å². The van der Waals surface area contributed by atoms with Crippen LogP contribution in [-0.2, 0) is 13.1 Å². The Kier molecular flexibility index (Phi) is 4.87. The highest BCUT2D eigenvalue weighted by atomic mass is 32.1. The molecule has 1 fully saturated rings. The highest BCUT2D eigenvalue weighted by Crippen LogP contribution is 2.33. The minimum Gasteiger partial charge on any atom is -0.365 e. The molecule has 1 saturated heterocycles. The molecule has 0 bridgehead atoms. The van der Waals surface area contributed by atoms with Crippen LogP contribution < -0.4 is 5.32 Å². The Morgan fingerprint density at radius 2 is 1.96 bits per heavy atom. The van der Waals surface area contributed by atoms with Gasteiger partial charge in [0.15, 0.2) is 0 Å². The quantitative estimate of drug-likeness (QED) is 0.732. The van der Waals surface area contributed by atoms with Crippen LogP contribution in [0.3, 0.4) is 0 Å². The number of nitrogens with one attached hydrogen (secondary N) is 1. The molecule has 5 nitrogen and oxygen atoms in total. The van der Waals surface area contributed by atoms with Gasteiger partial charge in [-0.15, -0.1) is 11.3 Å². The highest BCUT2D eigenvalue weighted by molar-refractivity contribution is 7.18. The van der Waals surface area contributed by atoms with Crippen LogP contribution in [0.1, 0.15) is 40.2 Å². The zero-order chi connectivity index (χ0) is 18.1. The Morgan fingerprint density at radius 3 is 2.73 bits per heavy atom. The van der Waals surface area contributed by atoms with Gasteiger partial charge in [-0.25, -0.2) is 9.97 Å². The van der Waals surface area contributed by atoms with E-state index in [1.165, 1.54) is 39.8 Å². The van der Waals surface area contributed by atoms with Crippen molar-refractivity contribution in [3.8, 4) is 0 Å². The number of fused-ring (bicyclic) bond motifs is 1. The van der Waals surface area contributed by atoms with Gasteiger partial charge in [-0.1, -0.05) is 0 Å². The lowest BCUT2D eigenvalue weighted by molar-refractivity contribution is 0.323. The van der Waals surface area contributed by atoms with Crippen molar-refractivity contribution in [1.29, 1.82) is 0 Å². The number of hydrogen-bond donors (Lipinski definition) is 1. The van der Waals surface area contributed by atoms with Crippen LogP contribution in [0, 0.1) is 20.8 Å². The predicted molar refractivity (Wildman–Crippen MR) is 108 cm³/mol. The maximum absolute atomic E-state index is 4.91. The first-order chi connectivity index (χ1) is 12.6. The van der Waals surface area contributed by atoms with Crippen molar-refractivity contribution >= 4 is 27.4 Å². The van der Waals surface area contributed by atoms with Gasteiger partial charge in [0.25, 0.3) is 0 Å². The number of thiophene rings is 1. The molecule has 0 spiro atoms. The number of pyridine rings is 1. The smallest absolute Gasteiger partial charge is 0.146 e. The third-order valence-electron chi connectivity index (χ3n) is 5.22. The second-order valence-electron chi connectivity index (χ2n) is 7.09. The lowest BCUT2D eigenvalue weighted by Gasteiger charge is -2.15. The molecular formula is C20H25N5S. The minimum atomic E-state index is 0.748. The number of rotatable bonds is 5. The predicted octanol–water partition coefficient (Wildman–Crippen LogP) is 4.22. The van der Waals surface area contributed by atoms with Crippen LogP contribution >= 0.6 is 11.3 Å². The van der Waals surface area contributed by atoms with E-state index in [-0.39, 0.29) is 0 Å². The maximum Gasteiger partial charge on any atom is 0.146 e. The summed E-state index contributed by atoms with van der Waals surface area (Å²) in [6, 6.07) is 2.07. The molecule has 0 atom stereocenters. The molecule has 26 heavy (non-hydrogen) atoms. The van der Waals surface area contributed by atoms with Gasteiger partial charge < -0.3 is 5.32 Å². The Labute approximate surface area is 158 Å². The van der Waals surface area contributed by atoms with E-state index < -0.39 is 0 Å². The first kappa shape index (κ1) is 17.4. The molecule has 3 aromatic heterocycles. The van der Waals surface area contributed by atoms with Crippen molar-refractivity contribution in [2.75, 3.05) is 18.4 Å². The largest absolute Gasteiger partial charge is 0.365 e. The fourth-order valence-electron chi connectivity index (χ4n) is 3.51. The van der Waals surface area contributed by atoms with Crippen molar-refractivity contribution in [1.82, 2.24) is 19.9 Å². The van der Waals surface area contributed by atoms with E-state index in [9.17, 15) is 0 Å². The molecule has 1 aliphatic heterocycles. The van der Waals surface area contributed by atoms with Gasteiger partial charge in [-0.3, -0.25) is 9.88 Å². The molecule has 0 radical (unpaired) electrons. The minimum absolute atomic E-state index is 0.748.